The normalized spacial score (nSPS) is 12.7. The Kier molecular flexibility index (Phi) is 3.49. The quantitative estimate of drug-likeness (QED) is 0.772. The Bertz CT molecular complexity index is 885. The van der Waals surface area contributed by atoms with Crippen LogP contribution >= 0.6 is 0 Å². The Labute approximate surface area is 138 Å². The summed E-state index contributed by atoms with van der Waals surface area (Å²) in [7, 11) is 0. The number of benzene rings is 1. The van der Waals surface area contributed by atoms with Crippen LogP contribution in [0.25, 0.3) is 5.69 Å². The highest BCUT2D eigenvalue weighted by Crippen LogP contribution is 2.29. The third-order valence-corrected chi connectivity index (χ3v) is 4.17. The first-order valence-electron chi connectivity index (χ1n) is 7.80. The Morgan fingerprint density at radius 1 is 1.21 bits per heavy atom. The van der Waals surface area contributed by atoms with Gasteiger partial charge >= 0.3 is 5.97 Å². The number of nitrogens with zero attached hydrogens (tertiary/aromatic N) is 3. The number of carbonyl (C=O) groups is 1. The van der Waals surface area contributed by atoms with Crippen molar-refractivity contribution in [2.75, 3.05) is 11.9 Å². The average molecular weight is 320 g/mol. The van der Waals surface area contributed by atoms with E-state index in [1.807, 2.05) is 22.9 Å². The Morgan fingerprint density at radius 2 is 2.04 bits per heavy atom. The molecule has 1 aliphatic rings. The summed E-state index contributed by atoms with van der Waals surface area (Å²) in [4.78, 5) is 15.4. The van der Waals surface area contributed by atoms with Crippen molar-refractivity contribution >= 4 is 11.8 Å². The van der Waals surface area contributed by atoms with E-state index in [1.165, 1.54) is 5.56 Å². The predicted molar refractivity (Wildman–Crippen MR) is 89.8 cm³/mol. The zero-order valence-electron chi connectivity index (χ0n) is 12.9. The standard InChI is InChI=1S/C18H16N4O2/c23-18(24)12-4-6-14(7-5-12)22-17-15(8-10-20-17)16(21-22)11-13-3-1-2-9-19-13/h1-7,9,20H,8,10-11H2,(H,23,24). The van der Waals surface area contributed by atoms with Gasteiger partial charge in [0, 0.05) is 30.4 Å². The first kappa shape index (κ1) is 14.4. The summed E-state index contributed by atoms with van der Waals surface area (Å²) in [6.45, 7) is 0.885. The molecule has 24 heavy (non-hydrogen) atoms. The molecule has 0 radical (unpaired) electrons. The number of carboxylic acid groups (broad SMARTS) is 1. The lowest BCUT2D eigenvalue weighted by Gasteiger charge is -2.06. The summed E-state index contributed by atoms with van der Waals surface area (Å²) in [6.07, 6.45) is 3.41. The van der Waals surface area contributed by atoms with Gasteiger partial charge in [0.05, 0.1) is 16.9 Å². The third kappa shape index (κ3) is 2.52. The molecule has 2 aromatic heterocycles. The van der Waals surface area contributed by atoms with E-state index in [0.29, 0.717) is 6.42 Å². The Morgan fingerprint density at radius 3 is 2.75 bits per heavy atom. The van der Waals surface area contributed by atoms with Gasteiger partial charge in [-0.25, -0.2) is 9.48 Å². The average Bonchev–Trinajstić information content (AvgIpc) is 3.20. The molecule has 4 rings (SSSR count). The van der Waals surface area contributed by atoms with Crippen LogP contribution in [0.15, 0.2) is 48.7 Å². The number of hydrogen-bond donors (Lipinski definition) is 2. The van der Waals surface area contributed by atoms with Crippen molar-refractivity contribution in [2.45, 2.75) is 12.8 Å². The molecule has 0 saturated heterocycles. The number of fused-ring (bicyclic) bond motifs is 1. The van der Waals surface area contributed by atoms with Gasteiger partial charge in [0.25, 0.3) is 0 Å². The molecule has 0 fully saturated rings. The van der Waals surface area contributed by atoms with Crippen LogP contribution in [-0.2, 0) is 12.8 Å². The number of rotatable bonds is 4. The van der Waals surface area contributed by atoms with E-state index in [4.69, 9.17) is 10.2 Å². The van der Waals surface area contributed by atoms with E-state index in [-0.39, 0.29) is 5.56 Å². The lowest BCUT2D eigenvalue weighted by molar-refractivity contribution is 0.0697. The van der Waals surface area contributed by atoms with E-state index in [0.717, 1.165) is 35.9 Å². The van der Waals surface area contributed by atoms with Crippen LogP contribution in [0, 0.1) is 0 Å². The number of carboxylic acids is 1. The lowest BCUT2D eigenvalue weighted by atomic mass is 10.1. The third-order valence-electron chi connectivity index (χ3n) is 4.17. The molecule has 0 unspecified atom stereocenters. The molecule has 6 nitrogen and oxygen atoms in total. The number of pyridine rings is 1. The molecule has 0 amide bonds. The van der Waals surface area contributed by atoms with Crippen LogP contribution in [0.2, 0.25) is 0 Å². The van der Waals surface area contributed by atoms with Crippen LogP contribution < -0.4 is 5.32 Å². The molecule has 0 bridgehead atoms. The summed E-state index contributed by atoms with van der Waals surface area (Å²) in [5, 5.41) is 17.1. The van der Waals surface area contributed by atoms with Crippen molar-refractivity contribution in [1.82, 2.24) is 14.8 Å². The molecule has 2 N–H and O–H groups in total. The molecule has 6 heteroatoms. The van der Waals surface area contributed by atoms with E-state index >= 15 is 0 Å². The maximum absolute atomic E-state index is 11.0. The summed E-state index contributed by atoms with van der Waals surface area (Å²) in [5.41, 5.74) is 4.32. The Balaban J connectivity index is 1.72. The van der Waals surface area contributed by atoms with Gasteiger partial charge in [0.1, 0.15) is 5.82 Å². The van der Waals surface area contributed by atoms with Crippen molar-refractivity contribution in [3.63, 3.8) is 0 Å². The monoisotopic (exact) mass is 320 g/mol. The number of hydrogen-bond acceptors (Lipinski definition) is 4. The van der Waals surface area contributed by atoms with Crippen molar-refractivity contribution in [2.24, 2.45) is 0 Å². The van der Waals surface area contributed by atoms with Crippen molar-refractivity contribution in [1.29, 1.82) is 0 Å². The maximum atomic E-state index is 11.0. The maximum Gasteiger partial charge on any atom is 0.335 e. The predicted octanol–water partition coefficient (Wildman–Crippen LogP) is 2.52. The number of nitrogens with one attached hydrogen (secondary N) is 1. The van der Waals surface area contributed by atoms with Gasteiger partial charge in [-0.3, -0.25) is 4.98 Å². The summed E-state index contributed by atoms with van der Waals surface area (Å²) < 4.78 is 1.85. The van der Waals surface area contributed by atoms with E-state index in [9.17, 15) is 4.79 Å². The zero-order chi connectivity index (χ0) is 16.5. The smallest absolute Gasteiger partial charge is 0.335 e. The first-order chi connectivity index (χ1) is 11.7. The van der Waals surface area contributed by atoms with Crippen LogP contribution in [0.1, 0.15) is 27.3 Å². The second-order valence-corrected chi connectivity index (χ2v) is 5.71. The van der Waals surface area contributed by atoms with Gasteiger partial charge in [-0.15, -0.1) is 0 Å². The second-order valence-electron chi connectivity index (χ2n) is 5.71. The van der Waals surface area contributed by atoms with E-state index in [1.54, 1.807) is 30.5 Å². The fourth-order valence-corrected chi connectivity index (χ4v) is 2.99. The highest BCUT2D eigenvalue weighted by molar-refractivity contribution is 5.87. The summed E-state index contributed by atoms with van der Waals surface area (Å²) >= 11 is 0. The minimum Gasteiger partial charge on any atom is -0.478 e. The minimum absolute atomic E-state index is 0.268. The van der Waals surface area contributed by atoms with Crippen LogP contribution in [0.5, 0.6) is 0 Å². The SMILES string of the molecule is O=C(O)c1ccc(-n2nc(Cc3ccccn3)c3c2NCC3)cc1. The lowest BCUT2D eigenvalue weighted by Crippen LogP contribution is -2.06. The summed E-state index contributed by atoms with van der Waals surface area (Å²) in [6, 6.07) is 12.6. The molecular formula is C18H16N4O2. The molecule has 3 aromatic rings. The fraction of sp³-hybridized carbons (Fsp3) is 0.167. The van der Waals surface area contributed by atoms with Crippen LogP contribution in [0.4, 0.5) is 5.82 Å². The molecule has 120 valence electrons. The van der Waals surface area contributed by atoms with Crippen LogP contribution in [0.3, 0.4) is 0 Å². The zero-order valence-corrected chi connectivity index (χ0v) is 12.9. The summed E-state index contributed by atoms with van der Waals surface area (Å²) in [5.74, 6) is 0.0604. The molecule has 0 spiro atoms. The van der Waals surface area contributed by atoms with Gasteiger partial charge in [0.15, 0.2) is 0 Å². The van der Waals surface area contributed by atoms with Gasteiger partial charge < -0.3 is 10.4 Å². The molecule has 0 atom stereocenters. The largest absolute Gasteiger partial charge is 0.478 e. The van der Waals surface area contributed by atoms with Gasteiger partial charge in [-0.05, 0) is 42.8 Å². The molecule has 0 saturated carbocycles. The number of aromatic carboxylic acids is 1. The minimum atomic E-state index is -0.929. The van der Waals surface area contributed by atoms with Gasteiger partial charge in [-0.1, -0.05) is 6.07 Å². The Hall–Kier alpha value is -3.15. The van der Waals surface area contributed by atoms with E-state index in [2.05, 4.69) is 10.3 Å². The van der Waals surface area contributed by atoms with Crippen LogP contribution in [-0.4, -0.2) is 32.4 Å². The molecular weight excluding hydrogens is 304 g/mol. The second kappa shape index (κ2) is 5.81. The molecule has 3 heterocycles. The fourth-order valence-electron chi connectivity index (χ4n) is 2.99. The van der Waals surface area contributed by atoms with E-state index < -0.39 is 5.97 Å². The highest BCUT2D eigenvalue weighted by Gasteiger charge is 2.23. The molecule has 1 aromatic carbocycles. The highest BCUT2D eigenvalue weighted by atomic mass is 16.4. The molecule has 1 aliphatic heterocycles. The number of anilines is 1. The van der Waals surface area contributed by atoms with Crippen molar-refractivity contribution in [3.8, 4) is 5.69 Å². The van der Waals surface area contributed by atoms with Crippen molar-refractivity contribution in [3.05, 3.63) is 71.2 Å². The molecule has 0 aliphatic carbocycles. The topological polar surface area (TPSA) is 80.0 Å². The van der Waals surface area contributed by atoms with Gasteiger partial charge in [-0.2, -0.15) is 5.10 Å². The first-order valence-corrected chi connectivity index (χ1v) is 7.80. The van der Waals surface area contributed by atoms with Crippen molar-refractivity contribution < 1.29 is 9.90 Å². The van der Waals surface area contributed by atoms with Gasteiger partial charge in [0.2, 0.25) is 0 Å². The number of aromatic nitrogens is 3.